The molecule has 0 aromatic rings. The number of unbranched alkanes of at least 4 members (excludes halogenated alkanes) is 2. The van der Waals surface area contributed by atoms with Gasteiger partial charge < -0.3 is 9.47 Å². The van der Waals surface area contributed by atoms with Crippen LogP contribution in [0.1, 0.15) is 32.6 Å². The molecule has 14 heavy (non-hydrogen) atoms. The van der Waals surface area contributed by atoms with Crippen molar-refractivity contribution in [2.24, 2.45) is 0 Å². The zero-order chi connectivity index (χ0) is 11.0. The van der Waals surface area contributed by atoms with Crippen LogP contribution in [0.2, 0.25) is 0 Å². The van der Waals surface area contributed by atoms with Crippen LogP contribution < -0.4 is 0 Å². The van der Waals surface area contributed by atoms with Gasteiger partial charge in [-0.1, -0.05) is 19.8 Å². The molecule has 0 aliphatic rings. The van der Waals surface area contributed by atoms with Gasteiger partial charge in [-0.15, -0.1) is 0 Å². The molecule has 0 saturated carbocycles. The molecular weight excluding hydrogens is 231 g/mol. The molecule has 0 rings (SSSR count). The minimum Gasteiger partial charge on any atom is -0.413 e. The zero-order valence-corrected chi connectivity index (χ0v) is 9.31. The molecule has 82 valence electrons. The summed E-state index contributed by atoms with van der Waals surface area (Å²) in [4.78, 5) is 20.8. The van der Waals surface area contributed by atoms with Gasteiger partial charge in [0.2, 0.25) is 6.29 Å². The Hall–Kier alpha value is -0.480. The second-order valence-corrected chi connectivity index (χ2v) is 3.25. The van der Waals surface area contributed by atoms with Gasteiger partial charge in [0.15, 0.2) is 0 Å². The van der Waals surface area contributed by atoms with Crippen molar-refractivity contribution >= 4 is 34.1 Å². The van der Waals surface area contributed by atoms with Gasteiger partial charge in [-0.2, -0.15) is 0 Å². The number of halogens is 2. The number of ether oxygens (including phenoxy) is 2. The normalized spacial score (nSPS) is 10.0. The van der Waals surface area contributed by atoms with Crippen LogP contribution in [0.25, 0.3) is 0 Å². The average molecular weight is 243 g/mol. The topological polar surface area (TPSA) is 52.6 Å². The fraction of sp³-hybridized carbons (Fsp3) is 0.750. The van der Waals surface area contributed by atoms with Crippen molar-refractivity contribution in [3.63, 3.8) is 0 Å². The molecule has 0 saturated heterocycles. The van der Waals surface area contributed by atoms with Crippen molar-refractivity contribution < 1.29 is 19.1 Å². The monoisotopic (exact) mass is 242 g/mol. The zero-order valence-electron chi connectivity index (χ0n) is 7.79. The molecule has 0 unspecified atom stereocenters. The predicted octanol–water partition coefficient (Wildman–Crippen LogP) is 3.64. The van der Waals surface area contributed by atoms with E-state index in [0.29, 0.717) is 6.42 Å². The van der Waals surface area contributed by atoms with Crippen molar-refractivity contribution in [3.8, 4) is 0 Å². The molecule has 0 radical (unpaired) electrons. The highest BCUT2D eigenvalue weighted by molar-refractivity contribution is 6.61. The van der Waals surface area contributed by atoms with Gasteiger partial charge in [0.1, 0.15) is 0 Å². The minimum absolute atomic E-state index is 0.408. The molecule has 0 atom stereocenters. The van der Waals surface area contributed by atoms with Gasteiger partial charge in [0.05, 0.1) is 0 Å². The van der Waals surface area contributed by atoms with E-state index in [1.54, 1.807) is 0 Å². The molecule has 0 bridgehead atoms. The summed E-state index contributed by atoms with van der Waals surface area (Å²) in [7, 11) is 0. The molecule has 0 heterocycles. The number of carbonyl (C=O) groups is 2. The molecule has 0 N–H and O–H groups in total. The Morgan fingerprint density at radius 1 is 1.14 bits per heavy atom. The van der Waals surface area contributed by atoms with Gasteiger partial charge in [-0.05, 0) is 6.42 Å². The van der Waals surface area contributed by atoms with Crippen LogP contribution in [0.3, 0.4) is 0 Å². The fourth-order valence-corrected chi connectivity index (χ4v) is 1.11. The quantitative estimate of drug-likeness (QED) is 0.406. The van der Waals surface area contributed by atoms with Crippen molar-refractivity contribution in [2.45, 2.75) is 38.9 Å². The Balaban J connectivity index is 3.84. The predicted molar refractivity (Wildman–Crippen MR) is 52.6 cm³/mol. The smallest absolute Gasteiger partial charge is 0.406 e. The second-order valence-electron chi connectivity index (χ2n) is 2.64. The Morgan fingerprint density at radius 2 is 1.64 bits per heavy atom. The van der Waals surface area contributed by atoms with Crippen LogP contribution >= 0.6 is 23.2 Å². The van der Waals surface area contributed by atoms with Gasteiger partial charge in [-0.25, -0.2) is 9.59 Å². The lowest BCUT2D eigenvalue weighted by molar-refractivity contribution is -0.0495. The fourth-order valence-electron chi connectivity index (χ4n) is 0.910. The van der Waals surface area contributed by atoms with E-state index < -0.39 is 17.1 Å². The van der Waals surface area contributed by atoms with E-state index in [2.05, 4.69) is 9.47 Å². The summed E-state index contributed by atoms with van der Waals surface area (Å²) in [5.41, 5.74) is -2.02. The van der Waals surface area contributed by atoms with Crippen LogP contribution in [-0.4, -0.2) is 17.1 Å². The third-order valence-corrected chi connectivity index (χ3v) is 1.67. The largest absolute Gasteiger partial charge is 0.413 e. The molecule has 4 nitrogen and oxygen atoms in total. The highest BCUT2D eigenvalue weighted by Crippen LogP contribution is 2.11. The van der Waals surface area contributed by atoms with Crippen LogP contribution in [0.4, 0.5) is 9.59 Å². The standard InChI is InChI=1S/C8H12Cl2O4/c1-2-3-4-5-6(13-7(9)11)14-8(10)12/h6H,2-5H2,1H3. The first-order valence-corrected chi connectivity index (χ1v) is 5.04. The van der Waals surface area contributed by atoms with Crippen LogP contribution in [0.5, 0.6) is 0 Å². The van der Waals surface area contributed by atoms with Gasteiger partial charge >= 0.3 is 10.9 Å². The Kier molecular flexibility index (Phi) is 7.61. The molecule has 0 aliphatic heterocycles. The van der Waals surface area contributed by atoms with E-state index in [1.807, 2.05) is 6.92 Å². The van der Waals surface area contributed by atoms with Crippen LogP contribution in [0.15, 0.2) is 0 Å². The summed E-state index contributed by atoms with van der Waals surface area (Å²) in [5.74, 6) is 0. The van der Waals surface area contributed by atoms with Crippen molar-refractivity contribution in [1.29, 1.82) is 0 Å². The lowest BCUT2D eigenvalue weighted by Crippen LogP contribution is -2.19. The van der Waals surface area contributed by atoms with E-state index >= 15 is 0 Å². The van der Waals surface area contributed by atoms with E-state index in [1.165, 1.54) is 0 Å². The molecular formula is C8H12Cl2O4. The average Bonchev–Trinajstić information content (AvgIpc) is 2.02. The maximum absolute atomic E-state index is 10.4. The van der Waals surface area contributed by atoms with Crippen LogP contribution in [0, 0.1) is 0 Å². The maximum Gasteiger partial charge on any atom is 0.406 e. The van der Waals surface area contributed by atoms with Gasteiger partial charge in [0.25, 0.3) is 0 Å². The molecule has 0 aliphatic carbocycles. The highest BCUT2D eigenvalue weighted by Gasteiger charge is 2.16. The SMILES string of the molecule is CCCCCC(OC(=O)Cl)OC(=O)Cl. The van der Waals surface area contributed by atoms with E-state index in [9.17, 15) is 9.59 Å². The first kappa shape index (κ1) is 13.5. The van der Waals surface area contributed by atoms with Crippen molar-refractivity contribution in [2.75, 3.05) is 0 Å². The lowest BCUT2D eigenvalue weighted by atomic mass is 10.2. The Labute approximate surface area is 92.5 Å². The summed E-state index contributed by atoms with van der Waals surface area (Å²) in [5, 5.41) is 0. The van der Waals surface area contributed by atoms with E-state index in [0.717, 1.165) is 19.3 Å². The summed E-state index contributed by atoms with van der Waals surface area (Å²) >= 11 is 9.95. The third kappa shape index (κ3) is 8.13. The molecule has 0 fully saturated rings. The van der Waals surface area contributed by atoms with Crippen molar-refractivity contribution in [3.05, 3.63) is 0 Å². The van der Waals surface area contributed by atoms with Crippen molar-refractivity contribution in [1.82, 2.24) is 0 Å². The van der Waals surface area contributed by atoms with E-state index in [4.69, 9.17) is 23.2 Å². The summed E-state index contributed by atoms with van der Waals surface area (Å²) in [6.07, 6.45) is 2.17. The van der Waals surface area contributed by atoms with Gasteiger partial charge in [0, 0.05) is 29.6 Å². The van der Waals surface area contributed by atoms with E-state index in [-0.39, 0.29) is 0 Å². The highest BCUT2D eigenvalue weighted by atomic mass is 35.5. The summed E-state index contributed by atoms with van der Waals surface area (Å²) in [6.45, 7) is 2.02. The summed E-state index contributed by atoms with van der Waals surface area (Å²) < 4.78 is 9.01. The Bertz CT molecular complexity index is 180. The molecule has 6 heteroatoms. The first-order chi connectivity index (χ1) is 6.56. The van der Waals surface area contributed by atoms with Gasteiger partial charge in [-0.3, -0.25) is 0 Å². The van der Waals surface area contributed by atoms with Crippen LogP contribution in [-0.2, 0) is 9.47 Å². The molecule has 0 amide bonds. The number of hydrogen-bond donors (Lipinski definition) is 0. The molecule has 0 spiro atoms. The minimum atomic E-state index is -1.01. The summed E-state index contributed by atoms with van der Waals surface area (Å²) in [6, 6.07) is 0. The number of carbonyl (C=O) groups excluding carboxylic acids is 2. The Morgan fingerprint density at radius 3 is 2.00 bits per heavy atom. The third-order valence-electron chi connectivity index (χ3n) is 1.49. The lowest BCUT2D eigenvalue weighted by Gasteiger charge is -2.14. The maximum atomic E-state index is 10.4. The number of rotatable bonds is 6. The molecule has 0 aromatic carbocycles. The first-order valence-electron chi connectivity index (χ1n) is 4.28. The molecule has 0 aromatic heterocycles. The number of hydrogen-bond acceptors (Lipinski definition) is 4. The second kappa shape index (κ2) is 7.88.